The van der Waals surface area contributed by atoms with E-state index in [0.29, 0.717) is 5.56 Å². The number of halogens is 1. The van der Waals surface area contributed by atoms with Gasteiger partial charge in [0.15, 0.2) is 5.75 Å². The van der Waals surface area contributed by atoms with Crippen molar-refractivity contribution in [2.45, 2.75) is 6.61 Å². The van der Waals surface area contributed by atoms with Crippen molar-refractivity contribution in [3.8, 4) is 5.75 Å². The first-order valence-electron chi connectivity index (χ1n) is 5.87. The zero-order valence-corrected chi connectivity index (χ0v) is 10.7. The Balaban J connectivity index is 2.25. The van der Waals surface area contributed by atoms with Crippen LogP contribution in [-0.2, 0) is 6.61 Å². The summed E-state index contributed by atoms with van der Waals surface area (Å²) in [5, 5.41) is 19.9. The van der Waals surface area contributed by atoms with Crippen LogP contribution in [0.3, 0.4) is 0 Å². The molecule has 0 amide bonds. The lowest BCUT2D eigenvalue weighted by Crippen LogP contribution is -2.06. The number of aromatic carboxylic acids is 1. The zero-order valence-electron chi connectivity index (χ0n) is 10.7. The smallest absolute Gasteiger partial charge is 0.336 e. The maximum atomic E-state index is 13.0. The lowest BCUT2D eigenvalue weighted by molar-refractivity contribution is -0.386. The summed E-state index contributed by atoms with van der Waals surface area (Å²) < 4.78 is 18.3. The fraction of sp³-hybridized carbons (Fsp3) is 0.0714. The molecule has 0 saturated carbocycles. The molecule has 0 fully saturated rings. The first-order valence-corrected chi connectivity index (χ1v) is 5.87. The SMILES string of the molecule is O=C(O)c1ccccc1COc1ccc(F)cc1[N+](=O)[O-]. The average Bonchev–Trinajstić information content (AvgIpc) is 2.46. The van der Waals surface area contributed by atoms with Crippen molar-refractivity contribution in [3.05, 3.63) is 69.5 Å². The Morgan fingerprint density at radius 1 is 1.29 bits per heavy atom. The molecule has 0 aliphatic carbocycles. The van der Waals surface area contributed by atoms with Gasteiger partial charge in [0.2, 0.25) is 0 Å². The molecule has 0 bridgehead atoms. The Kier molecular flexibility index (Phi) is 4.13. The molecular formula is C14H10FNO5. The summed E-state index contributed by atoms with van der Waals surface area (Å²) in [6.07, 6.45) is 0. The predicted octanol–water partition coefficient (Wildman–Crippen LogP) is 3.01. The van der Waals surface area contributed by atoms with Gasteiger partial charge in [0.25, 0.3) is 0 Å². The summed E-state index contributed by atoms with van der Waals surface area (Å²) in [7, 11) is 0. The molecular weight excluding hydrogens is 281 g/mol. The minimum Gasteiger partial charge on any atom is -0.482 e. The number of hydrogen-bond donors (Lipinski definition) is 1. The van der Waals surface area contributed by atoms with E-state index >= 15 is 0 Å². The van der Waals surface area contributed by atoms with E-state index in [9.17, 15) is 19.3 Å². The summed E-state index contributed by atoms with van der Waals surface area (Å²) in [5.74, 6) is -2.00. The Morgan fingerprint density at radius 3 is 2.67 bits per heavy atom. The molecule has 108 valence electrons. The lowest BCUT2D eigenvalue weighted by Gasteiger charge is -2.09. The van der Waals surface area contributed by atoms with Gasteiger partial charge in [-0.25, -0.2) is 9.18 Å². The fourth-order valence-electron chi connectivity index (χ4n) is 1.77. The molecule has 21 heavy (non-hydrogen) atoms. The van der Waals surface area contributed by atoms with Crippen molar-refractivity contribution in [3.63, 3.8) is 0 Å². The quantitative estimate of drug-likeness (QED) is 0.675. The molecule has 0 radical (unpaired) electrons. The highest BCUT2D eigenvalue weighted by atomic mass is 19.1. The van der Waals surface area contributed by atoms with E-state index in [1.165, 1.54) is 6.07 Å². The number of nitro groups is 1. The Bertz CT molecular complexity index is 702. The second-order valence-corrected chi connectivity index (χ2v) is 4.12. The molecule has 0 heterocycles. The summed E-state index contributed by atoms with van der Waals surface area (Å²) in [6, 6.07) is 9.05. The normalized spacial score (nSPS) is 10.1. The van der Waals surface area contributed by atoms with Crippen molar-refractivity contribution in [1.29, 1.82) is 0 Å². The number of hydrogen-bond acceptors (Lipinski definition) is 4. The van der Waals surface area contributed by atoms with Crippen LogP contribution in [0, 0.1) is 15.9 Å². The Hall–Kier alpha value is -2.96. The molecule has 0 aliphatic rings. The Morgan fingerprint density at radius 2 is 2.00 bits per heavy atom. The average molecular weight is 291 g/mol. The number of carboxylic acid groups (broad SMARTS) is 1. The standard InChI is InChI=1S/C14H10FNO5/c15-10-5-6-13(12(7-10)16(19)20)21-8-9-3-1-2-4-11(9)14(17)18/h1-7H,8H2,(H,17,18). The van der Waals surface area contributed by atoms with E-state index in [2.05, 4.69) is 0 Å². The summed E-state index contributed by atoms with van der Waals surface area (Å²) in [6.45, 7) is -0.172. The third-order valence-corrected chi connectivity index (χ3v) is 2.75. The van der Waals surface area contributed by atoms with Gasteiger partial charge in [0.05, 0.1) is 16.6 Å². The van der Waals surface area contributed by atoms with Crippen molar-refractivity contribution >= 4 is 11.7 Å². The summed E-state index contributed by atoms with van der Waals surface area (Å²) in [4.78, 5) is 21.1. The van der Waals surface area contributed by atoms with E-state index in [4.69, 9.17) is 9.84 Å². The van der Waals surface area contributed by atoms with Crippen molar-refractivity contribution < 1.29 is 24.0 Å². The third kappa shape index (κ3) is 3.33. The summed E-state index contributed by atoms with van der Waals surface area (Å²) >= 11 is 0. The van der Waals surface area contributed by atoms with Gasteiger partial charge in [-0.15, -0.1) is 0 Å². The van der Waals surface area contributed by atoms with E-state index in [1.807, 2.05) is 0 Å². The van der Waals surface area contributed by atoms with Crippen LogP contribution >= 0.6 is 0 Å². The van der Waals surface area contributed by atoms with E-state index in [-0.39, 0.29) is 17.9 Å². The van der Waals surface area contributed by atoms with Gasteiger partial charge in [-0.3, -0.25) is 10.1 Å². The maximum Gasteiger partial charge on any atom is 0.336 e. The lowest BCUT2D eigenvalue weighted by atomic mass is 10.1. The number of ether oxygens (including phenoxy) is 1. The minimum atomic E-state index is -1.12. The second kappa shape index (κ2) is 6.00. The molecule has 0 spiro atoms. The maximum absolute atomic E-state index is 13.0. The molecule has 0 saturated heterocycles. The van der Waals surface area contributed by atoms with Gasteiger partial charge in [-0.2, -0.15) is 0 Å². The monoisotopic (exact) mass is 291 g/mol. The van der Waals surface area contributed by atoms with Crippen molar-refractivity contribution in [2.24, 2.45) is 0 Å². The topological polar surface area (TPSA) is 89.7 Å². The molecule has 0 aromatic heterocycles. The molecule has 1 N–H and O–H groups in total. The number of carboxylic acids is 1. The van der Waals surface area contributed by atoms with Gasteiger partial charge in [-0.1, -0.05) is 18.2 Å². The van der Waals surface area contributed by atoms with Gasteiger partial charge in [0.1, 0.15) is 12.4 Å². The first kappa shape index (κ1) is 14.4. The number of benzene rings is 2. The molecule has 2 aromatic carbocycles. The number of rotatable bonds is 5. The molecule has 7 heteroatoms. The number of carbonyl (C=O) groups is 1. The highest BCUT2D eigenvalue weighted by Crippen LogP contribution is 2.28. The van der Waals surface area contributed by atoms with Crippen molar-refractivity contribution in [2.75, 3.05) is 0 Å². The summed E-state index contributed by atoms with van der Waals surface area (Å²) in [5.41, 5.74) is -0.103. The predicted molar refractivity (Wildman–Crippen MR) is 70.8 cm³/mol. The van der Waals surface area contributed by atoms with Crippen LogP contribution in [0.1, 0.15) is 15.9 Å². The molecule has 2 aromatic rings. The highest BCUT2D eigenvalue weighted by molar-refractivity contribution is 5.89. The van der Waals surface area contributed by atoms with Gasteiger partial charge < -0.3 is 9.84 Å². The van der Waals surface area contributed by atoms with Crippen LogP contribution in [0.5, 0.6) is 5.75 Å². The first-order chi connectivity index (χ1) is 9.99. The van der Waals surface area contributed by atoms with Gasteiger partial charge in [-0.05, 0) is 18.2 Å². The highest BCUT2D eigenvalue weighted by Gasteiger charge is 2.17. The van der Waals surface area contributed by atoms with Crippen molar-refractivity contribution in [1.82, 2.24) is 0 Å². The molecule has 0 unspecified atom stereocenters. The van der Waals surface area contributed by atoms with Crippen LogP contribution in [-0.4, -0.2) is 16.0 Å². The third-order valence-electron chi connectivity index (χ3n) is 2.75. The minimum absolute atomic E-state index is 0.0438. The van der Waals surface area contributed by atoms with Gasteiger partial charge >= 0.3 is 11.7 Å². The molecule has 6 nitrogen and oxygen atoms in total. The van der Waals surface area contributed by atoms with E-state index in [1.54, 1.807) is 18.2 Å². The Labute approximate surface area is 118 Å². The fourth-order valence-corrected chi connectivity index (χ4v) is 1.77. The van der Waals surface area contributed by atoms with Crippen LogP contribution < -0.4 is 4.74 Å². The van der Waals surface area contributed by atoms with Crippen LogP contribution in [0.25, 0.3) is 0 Å². The van der Waals surface area contributed by atoms with E-state index < -0.39 is 22.4 Å². The largest absolute Gasteiger partial charge is 0.482 e. The van der Waals surface area contributed by atoms with Crippen LogP contribution in [0.2, 0.25) is 0 Å². The number of nitrogens with zero attached hydrogens (tertiary/aromatic N) is 1. The second-order valence-electron chi connectivity index (χ2n) is 4.12. The molecule has 0 atom stereocenters. The van der Waals surface area contributed by atoms with Crippen LogP contribution in [0.4, 0.5) is 10.1 Å². The van der Waals surface area contributed by atoms with E-state index in [0.717, 1.165) is 18.2 Å². The molecule has 0 aliphatic heterocycles. The van der Waals surface area contributed by atoms with Crippen LogP contribution in [0.15, 0.2) is 42.5 Å². The molecule has 2 rings (SSSR count). The zero-order chi connectivity index (χ0) is 15.4. The number of nitro benzene ring substituents is 1. The van der Waals surface area contributed by atoms with Gasteiger partial charge in [0, 0.05) is 5.56 Å².